The minimum absolute atomic E-state index is 0.256. The molecule has 0 saturated carbocycles. The number of likely N-dealkylation sites (tertiary alicyclic amines) is 1. The van der Waals surface area contributed by atoms with Crippen molar-refractivity contribution < 1.29 is 23.5 Å². The van der Waals surface area contributed by atoms with Gasteiger partial charge in [-0.2, -0.15) is 0 Å². The summed E-state index contributed by atoms with van der Waals surface area (Å²) in [5.41, 5.74) is 1.58. The number of aromatic amines is 1. The van der Waals surface area contributed by atoms with E-state index in [1.807, 2.05) is 0 Å². The maximum Gasteiger partial charge on any atom is 0.407 e. The van der Waals surface area contributed by atoms with Gasteiger partial charge in [-0.05, 0) is 44.3 Å². The number of carbonyl (C=O) groups is 2. The summed E-state index contributed by atoms with van der Waals surface area (Å²) in [4.78, 5) is 34.4. The lowest BCUT2D eigenvalue weighted by Crippen LogP contribution is -2.54. The summed E-state index contributed by atoms with van der Waals surface area (Å²) < 4.78 is 24.4. The largest absolute Gasteiger partial charge is 0.453 e. The van der Waals surface area contributed by atoms with Crippen LogP contribution in [0.25, 0.3) is 5.57 Å². The molecule has 1 fully saturated rings. The van der Waals surface area contributed by atoms with Crippen LogP contribution in [0, 0.1) is 0 Å². The lowest BCUT2D eigenvalue weighted by molar-refractivity contribution is -0.137. The third-order valence-electron chi connectivity index (χ3n) is 5.53. The van der Waals surface area contributed by atoms with E-state index < -0.39 is 18.2 Å². The van der Waals surface area contributed by atoms with E-state index in [1.165, 1.54) is 20.3 Å². The quantitative estimate of drug-likeness (QED) is 0.642. The fourth-order valence-corrected chi connectivity index (χ4v) is 4.06. The van der Waals surface area contributed by atoms with Crippen molar-refractivity contribution in [3.05, 3.63) is 34.1 Å². The van der Waals surface area contributed by atoms with Crippen molar-refractivity contribution >= 4 is 33.5 Å². The fourth-order valence-electron chi connectivity index (χ4n) is 3.74. The molecule has 1 saturated heterocycles. The summed E-state index contributed by atoms with van der Waals surface area (Å²) in [6.07, 6.45) is 4.78. The molecule has 164 valence electrons. The zero-order chi connectivity index (χ0) is 21.8. The predicted octanol–water partition coefficient (Wildman–Crippen LogP) is 3.59. The summed E-state index contributed by atoms with van der Waals surface area (Å²) in [5, 5.41) is 2.56. The van der Waals surface area contributed by atoms with Gasteiger partial charge in [0.25, 0.3) is 0 Å². The monoisotopic (exact) mass is 484 g/mol. The molecule has 0 bridgehead atoms. The standard InChI is InChI=1S/C20H26BrFN4O4/c1-11(29-2)17(25-20(28)30-3)19(27)26-8-4-5-16(26)18-23-10-15(24-18)12-6-7-13(21)14(22)9-12/h9-11,16-17H,4-8H2,1-3H3,(H,23,24)(H,25,28). The zero-order valence-corrected chi connectivity index (χ0v) is 18.8. The average Bonchev–Trinajstić information content (AvgIpc) is 3.42. The molecule has 1 aromatic rings. The molecule has 1 aromatic heterocycles. The number of rotatable bonds is 6. The first-order chi connectivity index (χ1) is 14.3. The van der Waals surface area contributed by atoms with E-state index in [4.69, 9.17) is 4.74 Å². The molecular weight excluding hydrogens is 459 g/mol. The number of ether oxygens (including phenoxy) is 2. The van der Waals surface area contributed by atoms with Gasteiger partial charge in [0.1, 0.15) is 17.7 Å². The van der Waals surface area contributed by atoms with Gasteiger partial charge in [0.05, 0.1) is 31.1 Å². The van der Waals surface area contributed by atoms with Crippen molar-refractivity contribution in [2.45, 2.75) is 50.8 Å². The molecular formula is C20H26BrFN4O4. The number of allylic oxidation sites excluding steroid dienone is 4. The van der Waals surface area contributed by atoms with Crippen LogP contribution >= 0.6 is 15.9 Å². The summed E-state index contributed by atoms with van der Waals surface area (Å²) in [6, 6.07) is -1.14. The molecule has 3 rings (SSSR count). The van der Waals surface area contributed by atoms with Crippen molar-refractivity contribution in [1.82, 2.24) is 20.2 Å². The minimum Gasteiger partial charge on any atom is -0.453 e. The van der Waals surface area contributed by atoms with Crippen LogP contribution < -0.4 is 5.32 Å². The van der Waals surface area contributed by atoms with Crippen LogP contribution in [0.2, 0.25) is 0 Å². The van der Waals surface area contributed by atoms with Gasteiger partial charge in [-0.25, -0.2) is 14.2 Å². The molecule has 8 nitrogen and oxygen atoms in total. The fraction of sp³-hybridized carbons (Fsp3) is 0.550. The lowest BCUT2D eigenvalue weighted by Gasteiger charge is -2.30. The molecule has 0 radical (unpaired) electrons. The molecule has 2 aliphatic rings. The molecule has 0 aromatic carbocycles. The van der Waals surface area contributed by atoms with Gasteiger partial charge in [0.15, 0.2) is 0 Å². The van der Waals surface area contributed by atoms with Crippen LogP contribution in [-0.2, 0) is 14.3 Å². The third-order valence-corrected chi connectivity index (χ3v) is 6.31. The number of halogens is 2. The Morgan fingerprint density at radius 1 is 1.40 bits per heavy atom. The molecule has 2 heterocycles. The van der Waals surface area contributed by atoms with Gasteiger partial charge in [0, 0.05) is 18.1 Å². The molecule has 10 heteroatoms. The highest BCUT2D eigenvalue weighted by molar-refractivity contribution is 9.11. The highest BCUT2D eigenvalue weighted by Gasteiger charge is 2.38. The summed E-state index contributed by atoms with van der Waals surface area (Å²) in [6.45, 7) is 2.26. The van der Waals surface area contributed by atoms with Crippen LogP contribution in [0.1, 0.15) is 50.2 Å². The average molecular weight is 485 g/mol. The van der Waals surface area contributed by atoms with Gasteiger partial charge in [-0.15, -0.1) is 0 Å². The van der Waals surface area contributed by atoms with Crippen molar-refractivity contribution in [3.63, 3.8) is 0 Å². The number of alkyl carbamates (subject to hydrolysis) is 1. The Labute approximate surface area is 183 Å². The highest BCUT2D eigenvalue weighted by Crippen LogP contribution is 2.35. The second-order valence-corrected chi connectivity index (χ2v) is 8.31. The van der Waals surface area contributed by atoms with E-state index in [2.05, 4.69) is 36.0 Å². The van der Waals surface area contributed by atoms with Crippen LogP contribution in [0.3, 0.4) is 0 Å². The maximum absolute atomic E-state index is 13.9. The van der Waals surface area contributed by atoms with Crippen molar-refractivity contribution in [2.24, 2.45) is 0 Å². The number of hydrogen-bond donors (Lipinski definition) is 2. The van der Waals surface area contributed by atoms with Gasteiger partial charge in [-0.3, -0.25) is 4.79 Å². The predicted molar refractivity (Wildman–Crippen MR) is 112 cm³/mol. The molecule has 0 spiro atoms. The second-order valence-electron chi connectivity index (χ2n) is 7.35. The smallest absolute Gasteiger partial charge is 0.407 e. The Balaban J connectivity index is 1.80. The van der Waals surface area contributed by atoms with Gasteiger partial charge in [-0.1, -0.05) is 15.9 Å². The molecule has 2 amide bonds. The number of methoxy groups -OCH3 is 2. The first-order valence-electron chi connectivity index (χ1n) is 9.83. The van der Waals surface area contributed by atoms with Crippen molar-refractivity contribution in [3.8, 4) is 0 Å². The number of hydrogen-bond acceptors (Lipinski definition) is 5. The zero-order valence-electron chi connectivity index (χ0n) is 17.2. The van der Waals surface area contributed by atoms with E-state index in [1.54, 1.807) is 18.0 Å². The number of amides is 2. The number of nitrogens with one attached hydrogen (secondary N) is 2. The van der Waals surface area contributed by atoms with E-state index in [0.717, 1.165) is 24.1 Å². The summed E-state index contributed by atoms with van der Waals surface area (Å²) >= 11 is 3.23. The Kier molecular flexibility index (Phi) is 7.30. The topological polar surface area (TPSA) is 96.5 Å². The van der Waals surface area contributed by atoms with Gasteiger partial charge in [0.2, 0.25) is 5.91 Å². The maximum atomic E-state index is 13.9. The first-order valence-corrected chi connectivity index (χ1v) is 10.6. The van der Waals surface area contributed by atoms with E-state index in [-0.39, 0.29) is 17.8 Å². The van der Waals surface area contributed by atoms with Gasteiger partial charge >= 0.3 is 6.09 Å². The number of aromatic nitrogens is 2. The van der Waals surface area contributed by atoms with E-state index >= 15 is 0 Å². The van der Waals surface area contributed by atoms with Crippen LogP contribution in [0.15, 0.2) is 22.6 Å². The van der Waals surface area contributed by atoms with E-state index in [9.17, 15) is 14.0 Å². The first kappa shape index (κ1) is 22.5. The Morgan fingerprint density at radius 3 is 2.83 bits per heavy atom. The van der Waals surface area contributed by atoms with Crippen LogP contribution in [-0.4, -0.2) is 59.8 Å². The normalized spacial score (nSPS) is 21.3. The number of imidazole rings is 1. The lowest BCUT2D eigenvalue weighted by atomic mass is 10.0. The molecule has 2 N–H and O–H groups in total. The van der Waals surface area contributed by atoms with E-state index in [0.29, 0.717) is 29.7 Å². The molecule has 3 unspecified atom stereocenters. The molecule has 1 aliphatic carbocycles. The molecule has 3 atom stereocenters. The van der Waals surface area contributed by atoms with Crippen LogP contribution in [0.5, 0.6) is 0 Å². The van der Waals surface area contributed by atoms with Gasteiger partial charge < -0.3 is 24.7 Å². The third kappa shape index (κ3) is 4.75. The molecule has 1 aliphatic heterocycles. The summed E-state index contributed by atoms with van der Waals surface area (Å²) in [5.74, 6) is 0.105. The summed E-state index contributed by atoms with van der Waals surface area (Å²) in [7, 11) is 2.72. The Morgan fingerprint density at radius 2 is 2.17 bits per heavy atom. The SMILES string of the molecule is COC(=O)NC(C(=O)N1CCCC1c1ncc(C2=CC(F)=C(Br)CC2)[nH]1)C(C)OC. The number of carbonyl (C=O) groups excluding carboxylic acids is 2. The second kappa shape index (κ2) is 9.74. The van der Waals surface area contributed by atoms with Crippen LogP contribution in [0.4, 0.5) is 9.18 Å². The van der Waals surface area contributed by atoms with Crippen molar-refractivity contribution in [2.75, 3.05) is 20.8 Å². The number of nitrogens with zero attached hydrogens (tertiary/aromatic N) is 2. The minimum atomic E-state index is -0.880. The molecule has 30 heavy (non-hydrogen) atoms. The number of H-pyrrole nitrogens is 1. The highest BCUT2D eigenvalue weighted by atomic mass is 79.9. The Bertz CT molecular complexity index is 869. The van der Waals surface area contributed by atoms with Crippen molar-refractivity contribution in [1.29, 1.82) is 0 Å². The Hall–Kier alpha value is -2.20.